The first-order chi connectivity index (χ1) is 10.3. The molecule has 3 unspecified atom stereocenters. The smallest absolute Gasteiger partial charge is 0.226 e. The lowest BCUT2D eigenvalue weighted by atomic mass is 10.1. The fourth-order valence-electron chi connectivity index (χ4n) is 3.34. The van der Waals surface area contributed by atoms with E-state index >= 15 is 0 Å². The molecule has 0 spiro atoms. The fraction of sp³-hybridized carbons (Fsp3) is 0.867. The second-order valence-corrected chi connectivity index (χ2v) is 8.37. The van der Waals surface area contributed by atoms with Crippen LogP contribution in [0.3, 0.4) is 0 Å². The molecule has 1 saturated heterocycles. The van der Waals surface area contributed by atoms with Gasteiger partial charge in [-0.3, -0.25) is 9.59 Å². The maximum Gasteiger partial charge on any atom is 0.226 e. The maximum absolute atomic E-state index is 12.6. The largest absolute Gasteiger partial charge is 0.343 e. The minimum Gasteiger partial charge on any atom is -0.343 e. The molecule has 0 aromatic heterocycles. The van der Waals surface area contributed by atoms with Crippen LogP contribution in [0.25, 0.3) is 0 Å². The fourth-order valence-corrected chi connectivity index (χ4v) is 5.07. The monoisotopic (exact) mass is 330 g/mol. The zero-order valence-corrected chi connectivity index (χ0v) is 14.4. The van der Waals surface area contributed by atoms with Crippen LogP contribution in [0.5, 0.6) is 0 Å². The number of hydrogen-bond donors (Lipinski definition) is 0. The summed E-state index contributed by atoms with van der Waals surface area (Å²) in [6.45, 7) is 7.55. The summed E-state index contributed by atoms with van der Waals surface area (Å²) in [7, 11) is -3.01. The van der Waals surface area contributed by atoms with E-state index in [-0.39, 0.29) is 41.2 Å². The highest BCUT2D eigenvalue weighted by atomic mass is 32.2. The average Bonchev–Trinajstić information content (AvgIpc) is 3.19. The van der Waals surface area contributed by atoms with Gasteiger partial charge in [-0.1, -0.05) is 0 Å². The molecular weight excluding hydrogens is 304 g/mol. The summed E-state index contributed by atoms with van der Waals surface area (Å²) >= 11 is 0. The molecule has 0 N–H and O–H groups in total. The SMILES string of the molecule is CCN(CC)C(=O)C1CC1C(=O)N(CC)C1CCS(=O)(=O)C1. The minimum absolute atomic E-state index is 0.0462. The molecule has 0 aromatic carbocycles. The van der Waals surface area contributed by atoms with Crippen LogP contribution >= 0.6 is 0 Å². The second-order valence-electron chi connectivity index (χ2n) is 6.14. The second kappa shape index (κ2) is 6.56. The van der Waals surface area contributed by atoms with Crippen LogP contribution in [-0.2, 0) is 19.4 Å². The Bertz CT molecular complexity index is 542. The molecule has 0 radical (unpaired) electrons. The molecule has 7 heteroatoms. The third-order valence-electron chi connectivity index (χ3n) is 4.77. The van der Waals surface area contributed by atoms with Crippen LogP contribution in [0.2, 0.25) is 0 Å². The molecule has 2 fully saturated rings. The van der Waals surface area contributed by atoms with E-state index in [9.17, 15) is 18.0 Å². The summed E-state index contributed by atoms with van der Waals surface area (Å²) in [6.07, 6.45) is 1.12. The lowest BCUT2D eigenvalue weighted by molar-refractivity contribution is -0.138. The van der Waals surface area contributed by atoms with Gasteiger partial charge in [-0.2, -0.15) is 0 Å². The van der Waals surface area contributed by atoms with Crippen LogP contribution in [0.4, 0.5) is 0 Å². The van der Waals surface area contributed by atoms with Crippen molar-refractivity contribution in [3.63, 3.8) is 0 Å². The van der Waals surface area contributed by atoms with Crippen LogP contribution in [-0.4, -0.2) is 67.2 Å². The summed E-state index contributed by atoms with van der Waals surface area (Å²) < 4.78 is 23.2. The predicted molar refractivity (Wildman–Crippen MR) is 84.0 cm³/mol. The quantitative estimate of drug-likeness (QED) is 0.712. The van der Waals surface area contributed by atoms with Gasteiger partial charge in [-0.05, 0) is 33.6 Å². The first kappa shape index (κ1) is 17.2. The van der Waals surface area contributed by atoms with Crippen LogP contribution < -0.4 is 0 Å². The van der Waals surface area contributed by atoms with E-state index in [0.29, 0.717) is 32.5 Å². The van der Waals surface area contributed by atoms with Crippen molar-refractivity contribution in [1.82, 2.24) is 9.80 Å². The predicted octanol–water partition coefficient (Wildman–Crippen LogP) is 0.527. The van der Waals surface area contributed by atoms with Crippen LogP contribution in [0.1, 0.15) is 33.6 Å². The highest BCUT2D eigenvalue weighted by Gasteiger charge is 2.51. The normalized spacial score (nSPS) is 29.1. The molecule has 1 heterocycles. The van der Waals surface area contributed by atoms with Crippen molar-refractivity contribution in [2.45, 2.75) is 39.7 Å². The minimum atomic E-state index is -3.01. The van der Waals surface area contributed by atoms with Gasteiger partial charge in [-0.15, -0.1) is 0 Å². The molecule has 0 aromatic rings. The van der Waals surface area contributed by atoms with E-state index in [0.717, 1.165) is 0 Å². The zero-order chi connectivity index (χ0) is 16.5. The third-order valence-corrected chi connectivity index (χ3v) is 6.52. The van der Waals surface area contributed by atoms with E-state index < -0.39 is 9.84 Å². The number of amides is 2. The van der Waals surface area contributed by atoms with E-state index in [1.807, 2.05) is 20.8 Å². The van der Waals surface area contributed by atoms with Gasteiger partial charge in [0.25, 0.3) is 0 Å². The number of nitrogens with zero attached hydrogens (tertiary/aromatic N) is 2. The Morgan fingerprint density at radius 2 is 1.59 bits per heavy atom. The van der Waals surface area contributed by atoms with Gasteiger partial charge in [0.05, 0.1) is 23.3 Å². The lowest BCUT2D eigenvalue weighted by Crippen LogP contribution is -2.42. The highest BCUT2D eigenvalue weighted by Crippen LogP contribution is 2.42. The molecule has 2 amide bonds. The number of sulfone groups is 1. The van der Waals surface area contributed by atoms with Crippen molar-refractivity contribution in [3.05, 3.63) is 0 Å². The molecule has 1 aliphatic carbocycles. The average molecular weight is 330 g/mol. The van der Waals surface area contributed by atoms with E-state index in [1.54, 1.807) is 9.80 Å². The first-order valence-corrected chi connectivity index (χ1v) is 9.96. The van der Waals surface area contributed by atoms with Crippen molar-refractivity contribution < 1.29 is 18.0 Å². The Labute approximate surface area is 132 Å². The number of rotatable bonds is 6. The standard InChI is InChI=1S/C15H26N2O4S/c1-4-16(5-2)14(18)12-9-13(12)15(19)17(6-3)11-7-8-22(20,21)10-11/h11-13H,4-10H2,1-3H3. The molecule has 2 rings (SSSR count). The van der Waals surface area contributed by atoms with Crippen LogP contribution in [0.15, 0.2) is 0 Å². The molecule has 0 bridgehead atoms. The Morgan fingerprint density at radius 3 is 2.05 bits per heavy atom. The van der Waals surface area contributed by atoms with Crippen LogP contribution in [0, 0.1) is 11.8 Å². The summed E-state index contributed by atoms with van der Waals surface area (Å²) in [5.41, 5.74) is 0. The van der Waals surface area contributed by atoms with Gasteiger partial charge in [0.2, 0.25) is 11.8 Å². The Morgan fingerprint density at radius 1 is 1.00 bits per heavy atom. The summed E-state index contributed by atoms with van der Waals surface area (Å²) in [5.74, 6) is -0.230. The highest BCUT2D eigenvalue weighted by molar-refractivity contribution is 7.91. The molecule has 1 saturated carbocycles. The Hall–Kier alpha value is -1.11. The van der Waals surface area contributed by atoms with Gasteiger partial charge in [0.15, 0.2) is 9.84 Å². The van der Waals surface area contributed by atoms with Gasteiger partial charge in [0.1, 0.15) is 0 Å². The van der Waals surface area contributed by atoms with E-state index in [4.69, 9.17) is 0 Å². The van der Waals surface area contributed by atoms with E-state index in [2.05, 4.69) is 0 Å². The van der Waals surface area contributed by atoms with Crippen molar-refractivity contribution in [2.24, 2.45) is 11.8 Å². The molecule has 126 valence electrons. The van der Waals surface area contributed by atoms with Gasteiger partial charge in [-0.25, -0.2) is 8.42 Å². The molecule has 22 heavy (non-hydrogen) atoms. The van der Waals surface area contributed by atoms with E-state index in [1.165, 1.54) is 0 Å². The summed E-state index contributed by atoms with van der Waals surface area (Å²) in [6, 6.07) is -0.215. The molecule has 1 aliphatic heterocycles. The van der Waals surface area contributed by atoms with Crippen molar-refractivity contribution in [3.8, 4) is 0 Å². The number of carbonyl (C=O) groups is 2. The first-order valence-electron chi connectivity index (χ1n) is 8.14. The third kappa shape index (κ3) is 3.45. The molecule has 6 nitrogen and oxygen atoms in total. The molecule has 2 aliphatic rings. The summed E-state index contributed by atoms with van der Waals surface area (Å²) in [5, 5.41) is 0. The van der Waals surface area contributed by atoms with Crippen molar-refractivity contribution >= 4 is 21.7 Å². The zero-order valence-electron chi connectivity index (χ0n) is 13.6. The Kier molecular flexibility index (Phi) is 5.14. The molecule has 3 atom stereocenters. The van der Waals surface area contributed by atoms with Gasteiger partial charge >= 0.3 is 0 Å². The molecular formula is C15H26N2O4S. The Balaban J connectivity index is 1.98. The number of carbonyl (C=O) groups excluding carboxylic acids is 2. The summed E-state index contributed by atoms with van der Waals surface area (Å²) in [4.78, 5) is 28.3. The maximum atomic E-state index is 12.6. The van der Waals surface area contributed by atoms with Gasteiger partial charge in [0, 0.05) is 25.7 Å². The topological polar surface area (TPSA) is 74.8 Å². The number of hydrogen-bond acceptors (Lipinski definition) is 4. The lowest BCUT2D eigenvalue weighted by Gasteiger charge is -2.27. The van der Waals surface area contributed by atoms with Crippen molar-refractivity contribution in [2.75, 3.05) is 31.1 Å². The van der Waals surface area contributed by atoms with Crippen molar-refractivity contribution in [1.29, 1.82) is 0 Å². The van der Waals surface area contributed by atoms with Gasteiger partial charge < -0.3 is 9.80 Å².